The molecule has 0 aromatic carbocycles. The Morgan fingerprint density at radius 3 is 3.00 bits per heavy atom. The summed E-state index contributed by atoms with van der Waals surface area (Å²) < 4.78 is 45.7. The fourth-order valence-corrected chi connectivity index (χ4v) is 0.719. The Hall–Kier alpha value is -0.510. The minimum absolute atomic E-state index is 0.135. The van der Waals surface area contributed by atoms with Gasteiger partial charge in [0.25, 0.3) is 6.43 Å². The van der Waals surface area contributed by atoms with E-state index in [4.69, 9.17) is 4.11 Å². The van der Waals surface area contributed by atoms with E-state index in [2.05, 4.69) is 20.9 Å². The van der Waals surface area contributed by atoms with Crippen molar-refractivity contribution in [3.8, 4) is 0 Å². The first-order valence-corrected chi connectivity index (χ1v) is 3.15. The van der Waals surface area contributed by atoms with Gasteiger partial charge < -0.3 is 0 Å². The number of hydrogen-bond donors (Lipinski definition) is 0. The molecule has 1 nitrogen and oxygen atoms in total. The molecule has 0 radical (unpaired) electrons. The lowest BCUT2D eigenvalue weighted by Gasteiger charge is -1.96. The summed E-state index contributed by atoms with van der Waals surface area (Å²) in [5, 5.41) is 0. The van der Waals surface area contributed by atoms with Gasteiger partial charge in [0.1, 0.15) is 4.60 Å². The Morgan fingerprint density at radius 1 is 1.70 bits per heavy atom. The molecule has 0 saturated heterocycles. The Labute approximate surface area is 69.4 Å². The second-order valence-electron chi connectivity index (χ2n) is 1.48. The van der Waals surface area contributed by atoms with E-state index in [1.807, 2.05) is 0 Å². The lowest BCUT2D eigenvalue weighted by molar-refractivity contribution is 0.151. The maximum absolute atomic E-state index is 12.3. The zero-order valence-corrected chi connectivity index (χ0v) is 6.24. The van der Waals surface area contributed by atoms with E-state index in [1.165, 1.54) is 0 Å². The average molecular weight is 211 g/mol. The van der Waals surface area contributed by atoms with Gasteiger partial charge in [-0.1, -0.05) is 0 Å². The molecule has 0 aliphatic rings. The largest absolute Gasteiger partial charge is 0.263 e. The van der Waals surface area contributed by atoms with Crippen molar-refractivity contribution in [1.29, 1.82) is 0 Å². The summed E-state index contributed by atoms with van der Waals surface area (Å²) in [6.45, 7) is 0. The van der Waals surface area contributed by atoms with Crippen molar-refractivity contribution in [2.45, 2.75) is 6.43 Å². The van der Waals surface area contributed by atoms with Gasteiger partial charge >= 0.3 is 0 Å². The second kappa shape index (κ2) is 3.05. The number of pyridine rings is 1. The van der Waals surface area contributed by atoms with E-state index in [-0.39, 0.29) is 4.60 Å². The third-order valence-electron chi connectivity index (χ3n) is 0.801. The van der Waals surface area contributed by atoms with E-state index >= 15 is 0 Å². The quantitative estimate of drug-likeness (QED) is 0.650. The second-order valence-corrected chi connectivity index (χ2v) is 2.23. The van der Waals surface area contributed by atoms with Crippen molar-refractivity contribution in [2.75, 3.05) is 0 Å². The first kappa shape index (κ1) is 4.38. The van der Waals surface area contributed by atoms with Crippen LogP contribution in [0.15, 0.2) is 22.9 Å². The monoisotopic (exact) mass is 210 g/mol. The van der Waals surface area contributed by atoms with Crippen molar-refractivity contribution in [1.82, 2.24) is 4.98 Å². The van der Waals surface area contributed by atoms with Crippen LogP contribution in [-0.2, 0) is 0 Å². The van der Waals surface area contributed by atoms with Gasteiger partial charge in [0.05, 0.1) is 4.11 Å². The summed E-state index contributed by atoms with van der Waals surface area (Å²) in [5.74, 6) is 0. The maximum Gasteiger partial charge on any atom is 0.263 e. The third kappa shape index (κ3) is 1.73. The number of rotatable bonds is 1. The molecule has 0 bridgehead atoms. The number of nitrogens with zero attached hydrogens (tertiary/aromatic N) is 1. The Bertz CT molecular complexity index is 319. The van der Waals surface area contributed by atoms with E-state index in [0.717, 1.165) is 0 Å². The van der Waals surface area contributed by atoms with Gasteiger partial charge in [-0.25, -0.2) is 13.8 Å². The first-order valence-electron chi connectivity index (χ1n) is 3.86. The molecule has 0 fully saturated rings. The Kier molecular flexibility index (Phi) is 1.34. The minimum Gasteiger partial charge on any atom is -0.249 e. The molecule has 54 valence electrons. The molecule has 1 heterocycles. The number of alkyl halides is 2. The van der Waals surface area contributed by atoms with E-state index in [0.29, 0.717) is 0 Å². The maximum atomic E-state index is 12.3. The van der Waals surface area contributed by atoms with Gasteiger partial charge in [-0.05, 0) is 28.0 Å². The highest BCUT2D eigenvalue weighted by atomic mass is 79.9. The minimum atomic E-state index is -2.93. The summed E-state index contributed by atoms with van der Waals surface area (Å²) >= 11 is 2.76. The summed E-state index contributed by atoms with van der Waals surface area (Å²) in [4.78, 5) is 3.39. The molecule has 1 aromatic heterocycles. The van der Waals surface area contributed by atoms with Crippen LogP contribution in [-0.4, -0.2) is 4.98 Å². The van der Waals surface area contributed by atoms with E-state index in [9.17, 15) is 8.78 Å². The van der Waals surface area contributed by atoms with Gasteiger partial charge in [-0.3, -0.25) is 0 Å². The predicted molar refractivity (Wildman–Crippen MR) is 36.9 cm³/mol. The topological polar surface area (TPSA) is 12.9 Å². The van der Waals surface area contributed by atoms with Crippen LogP contribution in [0.1, 0.15) is 16.1 Å². The molecule has 0 spiro atoms. The molecule has 0 unspecified atom stereocenters. The lowest BCUT2D eigenvalue weighted by atomic mass is 10.3. The molecular weight excluding hydrogens is 204 g/mol. The molecule has 0 aliphatic heterocycles. The van der Waals surface area contributed by atoms with Gasteiger partial charge in [0, 0.05) is 11.7 Å². The van der Waals surface area contributed by atoms with Crippen molar-refractivity contribution in [3.05, 3.63) is 28.4 Å². The molecule has 0 aliphatic carbocycles. The van der Waals surface area contributed by atoms with E-state index in [1.54, 1.807) is 0 Å². The van der Waals surface area contributed by atoms with Crippen molar-refractivity contribution in [3.63, 3.8) is 0 Å². The molecule has 0 N–H and O–H groups in total. The summed E-state index contributed by atoms with van der Waals surface area (Å²) in [6, 6.07) is -1.22. The normalized spacial score (nSPS) is 14.6. The summed E-state index contributed by atoms with van der Waals surface area (Å²) in [6.07, 6.45) is -3.48. The van der Waals surface area contributed by atoms with Gasteiger partial charge in [0.2, 0.25) is 0 Å². The number of hydrogen-bond acceptors (Lipinski definition) is 1. The molecule has 1 rings (SSSR count). The van der Waals surface area contributed by atoms with Crippen LogP contribution in [0, 0.1) is 0 Å². The lowest BCUT2D eigenvalue weighted by Crippen LogP contribution is -1.84. The van der Waals surface area contributed by atoms with Gasteiger partial charge in [-0.2, -0.15) is 0 Å². The highest BCUT2D eigenvalue weighted by Crippen LogP contribution is 2.19. The fraction of sp³-hybridized carbons (Fsp3) is 0.167. The molecule has 1 aromatic rings. The molecule has 0 amide bonds. The number of aromatic nitrogens is 1. The van der Waals surface area contributed by atoms with Crippen LogP contribution < -0.4 is 0 Å². The van der Waals surface area contributed by atoms with Crippen molar-refractivity contribution >= 4 is 15.9 Å². The van der Waals surface area contributed by atoms with Crippen LogP contribution in [0.25, 0.3) is 0 Å². The van der Waals surface area contributed by atoms with E-state index < -0.39 is 30.2 Å². The molecule has 0 saturated carbocycles. The highest BCUT2D eigenvalue weighted by Gasteiger charge is 2.05. The van der Waals surface area contributed by atoms with Crippen LogP contribution in [0.4, 0.5) is 8.78 Å². The third-order valence-corrected chi connectivity index (χ3v) is 1.18. The fourth-order valence-electron chi connectivity index (χ4n) is 0.417. The molecule has 10 heavy (non-hydrogen) atoms. The Balaban J connectivity index is 3.46. The van der Waals surface area contributed by atoms with Gasteiger partial charge in [-0.15, -0.1) is 0 Å². The number of halogens is 3. The summed E-state index contributed by atoms with van der Waals surface area (Å²) in [5.41, 5.74) is -0.758. The van der Waals surface area contributed by atoms with Crippen molar-refractivity contribution in [2.24, 2.45) is 0 Å². The zero-order valence-electron chi connectivity index (χ0n) is 7.66. The van der Waals surface area contributed by atoms with Crippen LogP contribution in [0.2, 0.25) is 0 Å². The van der Waals surface area contributed by atoms with Gasteiger partial charge in [0.15, 0.2) is 0 Å². The molecule has 0 atom stereocenters. The highest BCUT2D eigenvalue weighted by molar-refractivity contribution is 9.10. The summed E-state index contributed by atoms with van der Waals surface area (Å²) in [7, 11) is 0. The predicted octanol–water partition coefficient (Wildman–Crippen LogP) is 2.78. The standard InChI is InChI=1S/C6H4BrF2N/c7-5-3-4(6(8)9)1-2-10-5/h1-3,6H/i1D,2D,3D. The molecule has 4 heteroatoms. The first-order chi connectivity index (χ1) is 5.95. The van der Waals surface area contributed by atoms with Crippen LogP contribution in [0.5, 0.6) is 0 Å². The average Bonchev–Trinajstić information content (AvgIpc) is 2.01. The smallest absolute Gasteiger partial charge is 0.249 e. The zero-order chi connectivity index (χ0) is 10.2. The Morgan fingerprint density at radius 2 is 2.40 bits per heavy atom. The molecular formula is C6H4BrF2N. The van der Waals surface area contributed by atoms with Crippen LogP contribution in [0.3, 0.4) is 0 Å². The SMILES string of the molecule is [2H]c1nc(Br)c([2H])c(C(F)F)c1[2H]. The van der Waals surface area contributed by atoms with Crippen molar-refractivity contribution < 1.29 is 12.9 Å². The van der Waals surface area contributed by atoms with Crippen LogP contribution >= 0.6 is 15.9 Å².